The molecule has 1 saturated heterocycles. The number of piperidine rings is 1. The predicted octanol–water partition coefficient (Wildman–Crippen LogP) is 2.05. The van der Waals surface area contributed by atoms with Gasteiger partial charge in [-0.2, -0.15) is 0 Å². The minimum atomic E-state index is 0.396. The topological polar surface area (TPSA) is 38.5 Å². The molecule has 0 aliphatic carbocycles. The van der Waals surface area contributed by atoms with Gasteiger partial charge in [0.05, 0.1) is 7.11 Å². The van der Waals surface area contributed by atoms with Crippen LogP contribution in [0.3, 0.4) is 0 Å². The molecular weight excluding hydrogens is 224 g/mol. The number of rotatable bonds is 4. The van der Waals surface area contributed by atoms with E-state index in [1.807, 2.05) is 6.07 Å². The fourth-order valence-corrected chi connectivity index (χ4v) is 2.69. The van der Waals surface area contributed by atoms with Crippen molar-refractivity contribution in [2.75, 3.05) is 20.2 Å². The molecule has 0 radical (unpaired) electrons. The van der Waals surface area contributed by atoms with Crippen LogP contribution in [0.25, 0.3) is 0 Å². The molecule has 2 N–H and O–H groups in total. The lowest BCUT2D eigenvalue weighted by Gasteiger charge is -2.36. The number of ether oxygens (including phenoxy) is 1. The summed E-state index contributed by atoms with van der Waals surface area (Å²) in [6, 6.07) is 9.35. The Morgan fingerprint density at radius 2 is 2.28 bits per heavy atom. The van der Waals surface area contributed by atoms with Gasteiger partial charge in [0, 0.05) is 18.6 Å². The highest BCUT2D eigenvalue weighted by molar-refractivity contribution is 5.28. The smallest absolute Gasteiger partial charge is 0.119 e. The summed E-state index contributed by atoms with van der Waals surface area (Å²) in [5, 5.41) is 0. The molecule has 3 nitrogen and oxygen atoms in total. The van der Waals surface area contributed by atoms with Crippen LogP contribution < -0.4 is 10.5 Å². The van der Waals surface area contributed by atoms with E-state index in [0.29, 0.717) is 12.1 Å². The first kappa shape index (κ1) is 13.4. The minimum absolute atomic E-state index is 0.396. The van der Waals surface area contributed by atoms with Gasteiger partial charge in [-0.25, -0.2) is 0 Å². The summed E-state index contributed by atoms with van der Waals surface area (Å²) in [5.74, 6) is 0.946. The fraction of sp³-hybridized carbons (Fsp3) is 0.600. The monoisotopic (exact) mass is 248 g/mol. The summed E-state index contributed by atoms with van der Waals surface area (Å²) < 4.78 is 5.25. The number of hydrogen-bond acceptors (Lipinski definition) is 3. The van der Waals surface area contributed by atoms with Gasteiger partial charge in [0.2, 0.25) is 0 Å². The number of hydrogen-bond donors (Lipinski definition) is 1. The Balaban J connectivity index is 1.87. The van der Waals surface area contributed by atoms with Crippen molar-refractivity contribution in [2.24, 2.45) is 5.73 Å². The van der Waals surface area contributed by atoms with E-state index >= 15 is 0 Å². The van der Waals surface area contributed by atoms with Gasteiger partial charge < -0.3 is 15.4 Å². The zero-order valence-corrected chi connectivity index (χ0v) is 11.4. The summed E-state index contributed by atoms with van der Waals surface area (Å²) in [5.41, 5.74) is 7.33. The Hall–Kier alpha value is -1.06. The van der Waals surface area contributed by atoms with Crippen molar-refractivity contribution in [2.45, 2.75) is 38.3 Å². The maximum absolute atomic E-state index is 5.99. The molecule has 1 heterocycles. The van der Waals surface area contributed by atoms with Gasteiger partial charge >= 0.3 is 0 Å². The zero-order valence-electron chi connectivity index (χ0n) is 11.4. The average molecular weight is 248 g/mol. The largest absolute Gasteiger partial charge is 0.497 e. The first-order valence-electron chi connectivity index (χ1n) is 6.81. The summed E-state index contributed by atoms with van der Waals surface area (Å²) in [6.45, 7) is 4.53. The highest BCUT2D eigenvalue weighted by Crippen LogP contribution is 2.18. The second-order valence-corrected chi connectivity index (χ2v) is 5.27. The van der Waals surface area contributed by atoms with Crippen LogP contribution in [-0.2, 0) is 6.42 Å². The van der Waals surface area contributed by atoms with Gasteiger partial charge in [0.25, 0.3) is 0 Å². The number of methoxy groups -OCH3 is 1. The fourth-order valence-electron chi connectivity index (χ4n) is 2.69. The maximum atomic E-state index is 5.99. The van der Waals surface area contributed by atoms with Crippen molar-refractivity contribution in [3.05, 3.63) is 29.8 Å². The van der Waals surface area contributed by atoms with Gasteiger partial charge in [0.1, 0.15) is 5.75 Å². The Kier molecular flexibility index (Phi) is 4.61. The number of benzene rings is 1. The van der Waals surface area contributed by atoms with Crippen molar-refractivity contribution < 1.29 is 4.74 Å². The normalized spacial score (nSPS) is 25.1. The average Bonchev–Trinajstić information content (AvgIpc) is 2.38. The molecular formula is C15H24N2O. The van der Waals surface area contributed by atoms with E-state index in [4.69, 9.17) is 10.5 Å². The van der Waals surface area contributed by atoms with Crippen molar-refractivity contribution >= 4 is 0 Å². The molecule has 1 aromatic rings. The van der Waals surface area contributed by atoms with E-state index in [1.165, 1.54) is 5.56 Å². The molecule has 3 heteroatoms. The van der Waals surface area contributed by atoms with E-state index in [1.54, 1.807) is 7.11 Å². The van der Waals surface area contributed by atoms with Gasteiger partial charge in [-0.15, -0.1) is 0 Å². The molecule has 18 heavy (non-hydrogen) atoms. The third-order valence-electron chi connectivity index (χ3n) is 3.88. The van der Waals surface area contributed by atoms with Gasteiger partial charge in [-0.1, -0.05) is 12.1 Å². The lowest BCUT2D eigenvalue weighted by molar-refractivity contribution is 0.149. The highest BCUT2D eigenvalue weighted by Gasteiger charge is 2.22. The Bertz CT molecular complexity index is 381. The van der Waals surface area contributed by atoms with Crippen LogP contribution in [0.1, 0.15) is 25.3 Å². The number of likely N-dealkylation sites (tertiary alicyclic amines) is 1. The summed E-state index contributed by atoms with van der Waals surface area (Å²) >= 11 is 0. The second-order valence-electron chi connectivity index (χ2n) is 5.27. The first-order valence-corrected chi connectivity index (χ1v) is 6.81. The second kappa shape index (κ2) is 6.21. The van der Waals surface area contributed by atoms with Crippen LogP contribution in [0.4, 0.5) is 0 Å². The van der Waals surface area contributed by atoms with Crippen molar-refractivity contribution in [1.29, 1.82) is 0 Å². The number of nitrogens with zero attached hydrogens (tertiary/aromatic N) is 1. The number of nitrogens with two attached hydrogens (primary N) is 1. The van der Waals surface area contributed by atoms with Crippen LogP contribution in [0, 0.1) is 0 Å². The highest BCUT2D eigenvalue weighted by atomic mass is 16.5. The van der Waals surface area contributed by atoms with Crippen LogP contribution in [0.2, 0.25) is 0 Å². The maximum Gasteiger partial charge on any atom is 0.119 e. The molecule has 0 spiro atoms. The van der Waals surface area contributed by atoms with E-state index in [9.17, 15) is 0 Å². The first-order chi connectivity index (χ1) is 8.69. The molecule has 0 saturated carbocycles. The molecule has 1 aliphatic heterocycles. The molecule has 2 rings (SSSR count). The standard InChI is InChI=1S/C15H24N2O/c1-12-10-14(16)7-9-17(12)8-6-13-4-3-5-15(11-13)18-2/h3-5,11-12,14H,6-10,16H2,1-2H3. The molecule has 1 fully saturated rings. The Morgan fingerprint density at radius 3 is 3.00 bits per heavy atom. The molecule has 2 atom stereocenters. The van der Waals surface area contributed by atoms with Gasteiger partial charge in [-0.3, -0.25) is 0 Å². The molecule has 0 bridgehead atoms. The van der Waals surface area contributed by atoms with Gasteiger partial charge in [0.15, 0.2) is 0 Å². The Labute approximate surface area is 110 Å². The van der Waals surface area contributed by atoms with E-state index in [-0.39, 0.29) is 0 Å². The predicted molar refractivity (Wildman–Crippen MR) is 74.9 cm³/mol. The van der Waals surface area contributed by atoms with Crippen molar-refractivity contribution in [1.82, 2.24) is 4.90 Å². The van der Waals surface area contributed by atoms with Crippen LogP contribution in [0.5, 0.6) is 5.75 Å². The van der Waals surface area contributed by atoms with Gasteiger partial charge in [-0.05, 0) is 50.4 Å². The van der Waals surface area contributed by atoms with E-state index in [2.05, 4.69) is 30.0 Å². The minimum Gasteiger partial charge on any atom is -0.497 e. The van der Waals surface area contributed by atoms with Crippen LogP contribution in [-0.4, -0.2) is 37.2 Å². The molecule has 2 unspecified atom stereocenters. The van der Waals surface area contributed by atoms with E-state index < -0.39 is 0 Å². The third-order valence-corrected chi connectivity index (χ3v) is 3.88. The zero-order chi connectivity index (χ0) is 13.0. The summed E-state index contributed by atoms with van der Waals surface area (Å²) in [4.78, 5) is 2.54. The van der Waals surface area contributed by atoms with Crippen LogP contribution >= 0.6 is 0 Å². The quantitative estimate of drug-likeness (QED) is 0.886. The molecule has 0 aromatic heterocycles. The lowest BCUT2D eigenvalue weighted by Crippen LogP contribution is -2.46. The van der Waals surface area contributed by atoms with Crippen LogP contribution in [0.15, 0.2) is 24.3 Å². The summed E-state index contributed by atoms with van der Waals surface area (Å²) in [7, 11) is 1.72. The Morgan fingerprint density at radius 1 is 1.44 bits per heavy atom. The summed E-state index contributed by atoms with van der Waals surface area (Å²) in [6.07, 6.45) is 3.33. The molecule has 1 aromatic carbocycles. The van der Waals surface area contributed by atoms with E-state index in [0.717, 1.165) is 38.1 Å². The molecule has 1 aliphatic rings. The third kappa shape index (κ3) is 3.47. The van der Waals surface area contributed by atoms with Crippen molar-refractivity contribution in [3.63, 3.8) is 0 Å². The molecule has 100 valence electrons. The lowest BCUT2D eigenvalue weighted by atomic mass is 9.98. The molecule has 0 amide bonds. The van der Waals surface area contributed by atoms with Crippen molar-refractivity contribution in [3.8, 4) is 5.75 Å². The SMILES string of the molecule is COc1cccc(CCN2CCC(N)CC2C)c1.